The summed E-state index contributed by atoms with van der Waals surface area (Å²) in [4.78, 5) is 27.9. The average molecular weight is 461 g/mol. The highest BCUT2D eigenvalue weighted by Gasteiger charge is 2.33. The molecule has 1 fully saturated rings. The van der Waals surface area contributed by atoms with Crippen molar-refractivity contribution in [3.8, 4) is 0 Å². The number of rotatable bonds is 5. The maximum absolute atomic E-state index is 13.8. The van der Waals surface area contributed by atoms with Gasteiger partial charge in [-0.1, -0.05) is 0 Å². The van der Waals surface area contributed by atoms with Gasteiger partial charge in [0.05, 0.1) is 6.61 Å². The lowest BCUT2D eigenvalue weighted by Crippen LogP contribution is -2.56. The number of piperazine rings is 1. The maximum Gasteiger partial charge on any atom is 0.258 e. The Morgan fingerprint density at radius 1 is 0.844 bits per heavy atom. The Kier molecular flexibility index (Phi) is 6.92. The Bertz CT molecular complexity index is 997. The number of amides is 2. The largest absolute Gasteiger partial charge is 0.394 e. The van der Waals surface area contributed by atoms with E-state index in [-0.39, 0.29) is 13.1 Å². The summed E-state index contributed by atoms with van der Waals surface area (Å²) in [6.45, 7) is -0.0173. The van der Waals surface area contributed by atoms with Gasteiger partial charge in [-0.2, -0.15) is 0 Å². The standard InChI is InChI=1S/C20H17F6N3O3/c21-10-1-3-11(4-2-10)28-5-7-29(8-6-28)20(32)12(9-30)27-19(31)13-14(22)16(24)18(26)17(25)15(13)23/h1-4,12,30H,5-9H2,(H,27,31). The molecule has 1 heterocycles. The number of nitrogens with zero attached hydrogens (tertiary/aromatic N) is 2. The Morgan fingerprint density at radius 3 is 1.84 bits per heavy atom. The molecule has 0 bridgehead atoms. The van der Waals surface area contributed by atoms with E-state index in [1.54, 1.807) is 12.1 Å². The van der Waals surface area contributed by atoms with E-state index in [9.17, 15) is 41.0 Å². The number of nitrogens with one attached hydrogen (secondary N) is 1. The van der Waals surface area contributed by atoms with Gasteiger partial charge < -0.3 is 20.2 Å². The summed E-state index contributed by atoms with van der Waals surface area (Å²) >= 11 is 0. The first-order valence-electron chi connectivity index (χ1n) is 9.38. The predicted octanol–water partition coefficient (Wildman–Crippen LogP) is 1.96. The van der Waals surface area contributed by atoms with Gasteiger partial charge >= 0.3 is 0 Å². The van der Waals surface area contributed by atoms with E-state index in [0.29, 0.717) is 13.1 Å². The second kappa shape index (κ2) is 9.47. The van der Waals surface area contributed by atoms with Crippen molar-refractivity contribution in [3.05, 3.63) is 64.7 Å². The molecule has 1 saturated heterocycles. The minimum Gasteiger partial charge on any atom is -0.394 e. The highest BCUT2D eigenvalue weighted by molar-refractivity contribution is 5.98. The second-order valence-corrected chi connectivity index (χ2v) is 6.94. The number of carbonyl (C=O) groups is 2. The Morgan fingerprint density at radius 2 is 1.34 bits per heavy atom. The van der Waals surface area contributed by atoms with Crippen LogP contribution in [0.5, 0.6) is 0 Å². The van der Waals surface area contributed by atoms with Gasteiger partial charge in [-0.15, -0.1) is 0 Å². The number of halogens is 6. The molecule has 0 aromatic heterocycles. The molecule has 0 spiro atoms. The van der Waals surface area contributed by atoms with E-state index < -0.39 is 64.9 Å². The zero-order chi connectivity index (χ0) is 23.6. The number of anilines is 1. The van der Waals surface area contributed by atoms with Crippen molar-refractivity contribution < 1.29 is 41.0 Å². The van der Waals surface area contributed by atoms with Crippen LogP contribution in [-0.4, -0.2) is 60.6 Å². The monoisotopic (exact) mass is 461 g/mol. The fourth-order valence-electron chi connectivity index (χ4n) is 3.28. The van der Waals surface area contributed by atoms with Gasteiger partial charge in [0.2, 0.25) is 11.7 Å². The fraction of sp³-hybridized carbons (Fsp3) is 0.300. The van der Waals surface area contributed by atoms with Crippen LogP contribution in [0.3, 0.4) is 0 Å². The first-order chi connectivity index (χ1) is 15.1. The highest BCUT2D eigenvalue weighted by Crippen LogP contribution is 2.23. The van der Waals surface area contributed by atoms with E-state index in [4.69, 9.17) is 0 Å². The van der Waals surface area contributed by atoms with Crippen molar-refractivity contribution in [2.24, 2.45) is 0 Å². The Hall–Kier alpha value is -3.28. The summed E-state index contributed by atoms with van der Waals surface area (Å²) in [6, 6.07) is 4.02. The normalized spacial score (nSPS) is 15.0. The van der Waals surface area contributed by atoms with Crippen LogP contribution in [0.1, 0.15) is 10.4 Å². The van der Waals surface area contributed by atoms with Crippen LogP contribution in [0.4, 0.5) is 32.0 Å². The van der Waals surface area contributed by atoms with Crippen LogP contribution in [0, 0.1) is 34.9 Å². The number of aliphatic hydroxyl groups is 1. The third kappa shape index (κ3) is 4.49. The molecule has 2 N–H and O–H groups in total. The van der Waals surface area contributed by atoms with Crippen LogP contribution in [-0.2, 0) is 4.79 Å². The first kappa shape index (κ1) is 23.4. The Balaban J connectivity index is 1.68. The molecule has 172 valence electrons. The quantitative estimate of drug-likeness (QED) is 0.406. The van der Waals surface area contributed by atoms with Gasteiger partial charge in [-0.05, 0) is 24.3 Å². The van der Waals surface area contributed by atoms with Crippen LogP contribution >= 0.6 is 0 Å². The third-order valence-corrected chi connectivity index (χ3v) is 5.01. The molecule has 2 amide bonds. The molecule has 12 heteroatoms. The minimum atomic E-state index is -2.43. The maximum atomic E-state index is 13.8. The highest BCUT2D eigenvalue weighted by atomic mass is 19.2. The van der Waals surface area contributed by atoms with Gasteiger partial charge in [0, 0.05) is 31.9 Å². The van der Waals surface area contributed by atoms with Crippen molar-refractivity contribution in [2.45, 2.75) is 6.04 Å². The summed E-state index contributed by atoms with van der Waals surface area (Å²) in [5, 5.41) is 11.3. The lowest BCUT2D eigenvalue weighted by atomic mass is 10.1. The summed E-state index contributed by atoms with van der Waals surface area (Å²) in [7, 11) is 0. The first-order valence-corrected chi connectivity index (χ1v) is 9.38. The van der Waals surface area contributed by atoms with Crippen LogP contribution in [0.15, 0.2) is 24.3 Å². The van der Waals surface area contributed by atoms with Gasteiger partial charge in [0.15, 0.2) is 23.3 Å². The molecular weight excluding hydrogens is 444 g/mol. The lowest BCUT2D eigenvalue weighted by Gasteiger charge is -2.37. The summed E-state index contributed by atoms with van der Waals surface area (Å²) in [5.74, 6) is -14.7. The van der Waals surface area contributed by atoms with E-state index in [1.807, 2.05) is 10.2 Å². The molecule has 1 atom stereocenters. The molecule has 1 aliphatic heterocycles. The van der Waals surface area contributed by atoms with E-state index in [2.05, 4.69) is 0 Å². The van der Waals surface area contributed by atoms with Gasteiger partial charge in [-0.3, -0.25) is 9.59 Å². The number of hydrogen-bond donors (Lipinski definition) is 2. The molecule has 1 unspecified atom stereocenters. The molecule has 32 heavy (non-hydrogen) atoms. The number of aliphatic hydroxyl groups excluding tert-OH is 1. The molecule has 2 aromatic rings. The van der Waals surface area contributed by atoms with Gasteiger partial charge in [0.1, 0.15) is 17.4 Å². The minimum absolute atomic E-state index is 0.144. The van der Waals surface area contributed by atoms with Crippen LogP contribution < -0.4 is 10.2 Å². The van der Waals surface area contributed by atoms with Crippen molar-refractivity contribution in [2.75, 3.05) is 37.7 Å². The molecule has 0 radical (unpaired) electrons. The van der Waals surface area contributed by atoms with Crippen LogP contribution in [0.25, 0.3) is 0 Å². The van der Waals surface area contributed by atoms with Crippen LogP contribution in [0.2, 0.25) is 0 Å². The number of carbonyl (C=O) groups excluding carboxylic acids is 2. The molecule has 3 rings (SSSR count). The lowest BCUT2D eigenvalue weighted by molar-refractivity contribution is -0.134. The van der Waals surface area contributed by atoms with Crippen molar-refractivity contribution in [1.29, 1.82) is 0 Å². The fourth-order valence-corrected chi connectivity index (χ4v) is 3.28. The van der Waals surface area contributed by atoms with Gasteiger partial charge in [-0.25, -0.2) is 26.3 Å². The smallest absolute Gasteiger partial charge is 0.258 e. The summed E-state index contributed by atoms with van der Waals surface area (Å²) < 4.78 is 80.5. The number of hydrogen-bond acceptors (Lipinski definition) is 4. The topological polar surface area (TPSA) is 72.9 Å². The second-order valence-electron chi connectivity index (χ2n) is 6.94. The third-order valence-electron chi connectivity index (χ3n) is 5.01. The zero-order valence-electron chi connectivity index (χ0n) is 16.3. The molecule has 1 aliphatic rings. The Labute approximate surface area is 178 Å². The van der Waals surface area contributed by atoms with Gasteiger partial charge in [0.25, 0.3) is 5.91 Å². The van der Waals surface area contributed by atoms with E-state index >= 15 is 0 Å². The van der Waals surface area contributed by atoms with E-state index in [0.717, 1.165) is 5.69 Å². The summed E-state index contributed by atoms with van der Waals surface area (Å²) in [5.41, 5.74) is -1.04. The molecular formula is C20H17F6N3O3. The molecule has 6 nitrogen and oxygen atoms in total. The van der Waals surface area contributed by atoms with E-state index in [1.165, 1.54) is 17.0 Å². The summed E-state index contributed by atoms with van der Waals surface area (Å²) in [6.07, 6.45) is 0. The SMILES string of the molecule is O=C(NC(CO)C(=O)N1CCN(c2ccc(F)cc2)CC1)c1c(F)c(F)c(F)c(F)c1F. The van der Waals surface area contributed by atoms with Crippen molar-refractivity contribution >= 4 is 17.5 Å². The molecule has 2 aromatic carbocycles. The zero-order valence-corrected chi connectivity index (χ0v) is 16.3. The van der Waals surface area contributed by atoms with Crippen molar-refractivity contribution in [3.63, 3.8) is 0 Å². The molecule has 0 aliphatic carbocycles. The number of benzene rings is 2. The average Bonchev–Trinajstić information content (AvgIpc) is 2.80. The molecule has 0 saturated carbocycles. The van der Waals surface area contributed by atoms with Crippen molar-refractivity contribution in [1.82, 2.24) is 10.2 Å². The predicted molar refractivity (Wildman–Crippen MR) is 99.8 cm³/mol.